The van der Waals surface area contributed by atoms with Gasteiger partial charge in [-0.2, -0.15) is 0 Å². The van der Waals surface area contributed by atoms with Gasteiger partial charge in [0.2, 0.25) is 0 Å². The van der Waals surface area contributed by atoms with Crippen molar-refractivity contribution in [2.45, 2.75) is 19.3 Å². The summed E-state index contributed by atoms with van der Waals surface area (Å²) in [4.78, 5) is 29.7. The van der Waals surface area contributed by atoms with Crippen LogP contribution in [0, 0.1) is 5.82 Å². The topological polar surface area (TPSA) is 74.7 Å². The molecule has 0 aliphatic carbocycles. The molecule has 0 spiro atoms. The summed E-state index contributed by atoms with van der Waals surface area (Å²) in [7, 11) is 2.76. The van der Waals surface area contributed by atoms with Gasteiger partial charge in [0.25, 0.3) is 6.43 Å². The van der Waals surface area contributed by atoms with E-state index in [1.807, 2.05) is 0 Å². The van der Waals surface area contributed by atoms with E-state index in [-0.39, 0.29) is 52.2 Å². The van der Waals surface area contributed by atoms with Gasteiger partial charge in [0.15, 0.2) is 23.1 Å². The Bertz CT molecular complexity index is 1240. The quantitative estimate of drug-likeness (QED) is 0.294. The number of ketones is 2. The molecule has 2 aromatic carbocycles. The fourth-order valence-electron chi connectivity index (χ4n) is 3.23. The number of hydrogen-bond donors (Lipinski definition) is 0. The maximum absolute atomic E-state index is 13.5. The van der Waals surface area contributed by atoms with Crippen LogP contribution in [0.2, 0.25) is 5.02 Å². The number of pyridine rings is 1. The molecule has 0 radical (unpaired) electrons. The zero-order valence-corrected chi connectivity index (χ0v) is 19.6. The standard InChI is InChI=1S/C25H21ClF3NO5/c1-33-22-10-6-18(30-25(22)15-3-5-17(27)16(26)11-15)20(32)8-7-19(31)14-4-9-21(23(12-14)34-2)35-13-24(28)29/h3-6,9-12,24H,7-8,13H2,1-2H3. The summed E-state index contributed by atoms with van der Waals surface area (Å²) in [5, 5.41) is -0.102. The fraction of sp³-hybridized carbons (Fsp3) is 0.240. The Balaban J connectivity index is 1.73. The number of nitrogens with zero attached hydrogens (tertiary/aromatic N) is 1. The molecule has 0 fully saturated rings. The molecule has 0 saturated carbocycles. The number of methoxy groups -OCH3 is 2. The van der Waals surface area contributed by atoms with Crippen LogP contribution in [0.4, 0.5) is 13.2 Å². The largest absolute Gasteiger partial charge is 0.494 e. The van der Waals surface area contributed by atoms with Crippen molar-refractivity contribution >= 4 is 23.2 Å². The van der Waals surface area contributed by atoms with Crippen LogP contribution in [0.25, 0.3) is 11.3 Å². The van der Waals surface area contributed by atoms with Crippen LogP contribution >= 0.6 is 11.6 Å². The first-order chi connectivity index (χ1) is 16.7. The Labute approximate surface area is 204 Å². The first-order valence-electron chi connectivity index (χ1n) is 10.4. The molecule has 6 nitrogen and oxygen atoms in total. The SMILES string of the molecule is COc1cc(C(=O)CCC(=O)c2ccc(OC)c(-c3ccc(F)c(Cl)c3)n2)ccc1OCC(F)F. The number of ether oxygens (including phenoxy) is 3. The summed E-state index contributed by atoms with van der Waals surface area (Å²) in [6.45, 7) is -0.806. The van der Waals surface area contributed by atoms with Gasteiger partial charge in [-0.1, -0.05) is 11.6 Å². The van der Waals surface area contributed by atoms with E-state index in [1.165, 1.54) is 56.7 Å². The lowest BCUT2D eigenvalue weighted by Crippen LogP contribution is -2.09. The summed E-state index contributed by atoms with van der Waals surface area (Å²) in [5.41, 5.74) is 1.10. The minimum Gasteiger partial charge on any atom is -0.494 e. The van der Waals surface area contributed by atoms with Crippen LogP contribution in [0.1, 0.15) is 33.7 Å². The number of carbonyl (C=O) groups excluding carboxylic acids is 2. The van der Waals surface area contributed by atoms with Crippen molar-refractivity contribution in [2.75, 3.05) is 20.8 Å². The Morgan fingerprint density at radius 3 is 2.26 bits per heavy atom. The van der Waals surface area contributed by atoms with Crippen LogP contribution in [0.3, 0.4) is 0 Å². The normalized spacial score (nSPS) is 10.8. The third kappa shape index (κ3) is 6.51. The van der Waals surface area contributed by atoms with Crippen LogP contribution in [0.5, 0.6) is 17.2 Å². The Kier molecular flexibility index (Phi) is 8.70. The summed E-state index contributed by atoms with van der Waals surface area (Å²) < 4.78 is 53.7. The third-order valence-corrected chi connectivity index (χ3v) is 5.28. The molecule has 1 aromatic heterocycles. The van der Waals surface area contributed by atoms with Crippen LogP contribution < -0.4 is 14.2 Å². The maximum atomic E-state index is 13.5. The first kappa shape index (κ1) is 26.0. The number of rotatable bonds is 11. The third-order valence-electron chi connectivity index (χ3n) is 4.99. The maximum Gasteiger partial charge on any atom is 0.272 e. The van der Waals surface area contributed by atoms with E-state index in [2.05, 4.69) is 4.98 Å². The second kappa shape index (κ2) is 11.7. The monoisotopic (exact) mass is 507 g/mol. The summed E-state index contributed by atoms with van der Waals surface area (Å²) in [5.74, 6) is -0.763. The van der Waals surface area contributed by atoms with Crippen molar-refractivity contribution in [2.24, 2.45) is 0 Å². The summed E-state index contributed by atoms with van der Waals surface area (Å²) >= 11 is 5.87. The molecule has 0 atom stereocenters. The van der Waals surface area contributed by atoms with E-state index in [1.54, 1.807) is 6.07 Å². The highest BCUT2D eigenvalue weighted by molar-refractivity contribution is 6.31. The fourth-order valence-corrected chi connectivity index (χ4v) is 3.41. The molecule has 0 N–H and O–H groups in total. The van der Waals surface area contributed by atoms with E-state index in [0.29, 0.717) is 17.0 Å². The van der Waals surface area contributed by atoms with Gasteiger partial charge in [0, 0.05) is 24.0 Å². The highest BCUT2D eigenvalue weighted by Crippen LogP contribution is 2.32. The Morgan fingerprint density at radius 1 is 0.914 bits per heavy atom. The van der Waals surface area contributed by atoms with Crippen LogP contribution in [-0.2, 0) is 0 Å². The number of alkyl halides is 2. The molecule has 0 amide bonds. The van der Waals surface area contributed by atoms with Crippen molar-refractivity contribution in [1.82, 2.24) is 4.98 Å². The lowest BCUT2D eigenvalue weighted by molar-refractivity contribution is 0.0803. The summed E-state index contributed by atoms with van der Waals surface area (Å²) in [6, 6.07) is 11.2. The van der Waals surface area contributed by atoms with Crippen molar-refractivity contribution in [3.63, 3.8) is 0 Å². The number of hydrogen-bond acceptors (Lipinski definition) is 6. The molecule has 3 rings (SSSR count). The molecule has 10 heteroatoms. The Hall–Kier alpha value is -3.59. The van der Waals surface area contributed by atoms with Crippen LogP contribution in [-0.4, -0.2) is 43.8 Å². The van der Waals surface area contributed by atoms with Gasteiger partial charge in [0.1, 0.15) is 29.6 Å². The van der Waals surface area contributed by atoms with E-state index >= 15 is 0 Å². The van der Waals surface area contributed by atoms with Crippen molar-refractivity contribution in [1.29, 1.82) is 0 Å². The number of benzene rings is 2. The highest BCUT2D eigenvalue weighted by Gasteiger charge is 2.18. The molecular formula is C25H21ClF3NO5. The molecule has 0 aliphatic heterocycles. The molecule has 3 aromatic rings. The van der Waals surface area contributed by atoms with E-state index in [4.69, 9.17) is 25.8 Å². The number of carbonyl (C=O) groups is 2. The predicted molar refractivity (Wildman–Crippen MR) is 124 cm³/mol. The molecule has 0 aliphatic rings. The smallest absolute Gasteiger partial charge is 0.272 e. The molecule has 0 unspecified atom stereocenters. The molecule has 1 heterocycles. The van der Waals surface area contributed by atoms with Gasteiger partial charge in [-0.3, -0.25) is 9.59 Å². The van der Waals surface area contributed by atoms with E-state index < -0.39 is 18.8 Å². The van der Waals surface area contributed by atoms with Gasteiger partial charge >= 0.3 is 0 Å². The first-order valence-corrected chi connectivity index (χ1v) is 10.8. The van der Waals surface area contributed by atoms with Gasteiger partial charge in [-0.05, 0) is 48.5 Å². The molecular weight excluding hydrogens is 487 g/mol. The van der Waals surface area contributed by atoms with Gasteiger partial charge in [-0.25, -0.2) is 18.2 Å². The van der Waals surface area contributed by atoms with Crippen molar-refractivity contribution in [3.05, 3.63) is 70.6 Å². The molecule has 0 saturated heterocycles. The minimum absolute atomic E-state index is 0.0799. The lowest BCUT2D eigenvalue weighted by Gasteiger charge is -2.12. The van der Waals surface area contributed by atoms with E-state index in [9.17, 15) is 22.8 Å². The zero-order chi connectivity index (χ0) is 25.5. The summed E-state index contributed by atoms with van der Waals surface area (Å²) in [6.07, 6.45) is -2.91. The average molecular weight is 508 g/mol. The second-order valence-corrected chi connectivity index (χ2v) is 7.70. The van der Waals surface area contributed by atoms with Gasteiger partial charge in [0.05, 0.1) is 19.2 Å². The van der Waals surface area contributed by atoms with Gasteiger partial charge in [-0.15, -0.1) is 0 Å². The number of Topliss-reactive ketones (excluding diaryl/α,β-unsaturated/α-hetero) is 2. The zero-order valence-electron chi connectivity index (χ0n) is 18.8. The molecule has 0 bridgehead atoms. The van der Waals surface area contributed by atoms with Crippen LogP contribution in [0.15, 0.2) is 48.5 Å². The van der Waals surface area contributed by atoms with Crippen molar-refractivity contribution < 1.29 is 37.0 Å². The highest BCUT2D eigenvalue weighted by atomic mass is 35.5. The lowest BCUT2D eigenvalue weighted by atomic mass is 10.0. The molecule has 35 heavy (non-hydrogen) atoms. The average Bonchev–Trinajstić information content (AvgIpc) is 2.86. The number of halogens is 4. The Morgan fingerprint density at radius 2 is 1.60 bits per heavy atom. The second-order valence-electron chi connectivity index (χ2n) is 7.29. The molecule has 184 valence electrons. The van der Waals surface area contributed by atoms with Crippen molar-refractivity contribution in [3.8, 4) is 28.5 Å². The predicted octanol–water partition coefficient (Wildman–Crippen LogP) is 6.05. The van der Waals surface area contributed by atoms with E-state index in [0.717, 1.165) is 0 Å². The van der Waals surface area contributed by atoms with Gasteiger partial charge < -0.3 is 14.2 Å². The minimum atomic E-state index is -2.65. The number of aromatic nitrogens is 1.